The van der Waals surface area contributed by atoms with E-state index in [-0.39, 0.29) is 6.10 Å². The zero-order valence-corrected chi connectivity index (χ0v) is 10.3. The van der Waals surface area contributed by atoms with Gasteiger partial charge in [-0.25, -0.2) is 0 Å². The summed E-state index contributed by atoms with van der Waals surface area (Å²) in [5.74, 6) is 0. The molecule has 1 rings (SSSR count). The summed E-state index contributed by atoms with van der Waals surface area (Å²) in [6.07, 6.45) is 6.85. The van der Waals surface area contributed by atoms with Crippen LogP contribution in [-0.2, 0) is 6.54 Å². The minimum absolute atomic E-state index is 0.371. The van der Waals surface area contributed by atoms with Crippen LogP contribution < -0.4 is 5.32 Å². The van der Waals surface area contributed by atoms with Gasteiger partial charge in [-0.2, -0.15) is 5.10 Å². The van der Waals surface area contributed by atoms with Crippen LogP contribution in [-0.4, -0.2) is 33.6 Å². The molecule has 1 heterocycles. The van der Waals surface area contributed by atoms with Crippen molar-refractivity contribution in [1.82, 2.24) is 15.1 Å². The molecule has 0 aliphatic heterocycles. The van der Waals surface area contributed by atoms with Gasteiger partial charge in [0, 0.05) is 25.0 Å². The summed E-state index contributed by atoms with van der Waals surface area (Å²) in [4.78, 5) is 0. The summed E-state index contributed by atoms with van der Waals surface area (Å²) in [7, 11) is 0. The van der Waals surface area contributed by atoms with Crippen molar-refractivity contribution >= 4 is 0 Å². The molecule has 0 aliphatic carbocycles. The van der Waals surface area contributed by atoms with Crippen LogP contribution in [0.15, 0.2) is 18.5 Å². The molecule has 2 N–H and O–H groups in total. The van der Waals surface area contributed by atoms with Gasteiger partial charge in [-0.05, 0) is 19.4 Å². The van der Waals surface area contributed by atoms with Crippen molar-refractivity contribution in [2.75, 3.05) is 6.54 Å². The highest BCUT2D eigenvalue weighted by Gasteiger charge is 2.07. The monoisotopic (exact) mass is 225 g/mol. The summed E-state index contributed by atoms with van der Waals surface area (Å²) in [5, 5.41) is 17.2. The molecule has 0 aromatic carbocycles. The van der Waals surface area contributed by atoms with Crippen molar-refractivity contribution in [3.05, 3.63) is 18.5 Å². The van der Waals surface area contributed by atoms with E-state index in [1.807, 2.05) is 12.3 Å². The second kappa shape index (κ2) is 7.41. The fraction of sp³-hybridized carbons (Fsp3) is 0.750. The van der Waals surface area contributed by atoms with Crippen LogP contribution in [0.3, 0.4) is 0 Å². The first-order valence-electron chi connectivity index (χ1n) is 6.11. The highest BCUT2D eigenvalue weighted by atomic mass is 16.3. The Balaban J connectivity index is 2.12. The highest BCUT2D eigenvalue weighted by molar-refractivity contribution is 4.79. The number of unbranched alkanes of at least 4 members (excludes halogenated alkanes) is 1. The lowest BCUT2D eigenvalue weighted by molar-refractivity contribution is 0.143. The number of hydrogen-bond acceptors (Lipinski definition) is 3. The van der Waals surface area contributed by atoms with Crippen LogP contribution in [0.2, 0.25) is 0 Å². The molecule has 0 fully saturated rings. The minimum Gasteiger partial charge on any atom is -0.390 e. The van der Waals surface area contributed by atoms with Crippen LogP contribution in [0.4, 0.5) is 0 Å². The van der Waals surface area contributed by atoms with Gasteiger partial charge < -0.3 is 10.4 Å². The van der Waals surface area contributed by atoms with Crippen LogP contribution in [0.5, 0.6) is 0 Å². The lowest BCUT2D eigenvalue weighted by Gasteiger charge is -2.16. The molecular weight excluding hydrogens is 202 g/mol. The van der Waals surface area contributed by atoms with E-state index in [0.29, 0.717) is 19.1 Å². The Morgan fingerprint density at radius 3 is 2.94 bits per heavy atom. The van der Waals surface area contributed by atoms with Gasteiger partial charge >= 0.3 is 0 Å². The van der Waals surface area contributed by atoms with Crippen molar-refractivity contribution in [3.63, 3.8) is 0 Å². The number of hydrogen-bond donors (Lipinski definition) is 2. The molecule has 0 bridgehead atoms. The quantitative estimate of drug-likeness (QED) is 0.703. The van der Waals surface area contributed by atoms with Crippen molar-refractivity contribution in [3.8, 4) is 0 Å². The molecular formula is C12H23N3O. The molecule has 1 aromatic rings. The largest absolute Gasteiger partial charge is 0.390 e. The van der Waals surface area contributed by atoms with Crippen LogP contribution in [0.25, 0.3) is 0 Å². The van der Waals surface area contributed by atoms with E-state index in [9.17, 15) is 5.11 Å². The Morgan fingerprint density at radius 2 is 2.31 bits per heavy atom. The number of nitrogens with zero attached hydrogens (tertiary/aromatic N) is 2. The maximum absolute atomic E-state index is 9.77. The van der Waals surface area contributed by atoms with Gasteiger partial charge in [0.1, 0.15) is 0 Å². The van der Waals surface area contributed by atoms with Crippen LogP contribution >= 0.6 is 0 Å². The molecule has 0 spiro atoms. The fourth-order valence-corrected chi connectivity index (χ4v) is 1.64. The lowest BCUT2D eigenvalue weighted by Crippen LogP contribution is -2.35. The Bertz CT molecular complexity index is 261. The van der Waals surface area contributed by atoms with Gasteiger partial charge in [0.2, 0.25) is 0 Å². The SMILES string of the molecule is CCCCC(C)NCC(O)Cn1cccn1. The molecule has 0 aliphatic rings. The van der Waals surface area contributed by atoms with E-state index in [1.165, 1.54) is 19.3 Å². The number of aliphatic hydroxyl groups is 1. The van der Waals surface area contributed by atoms with Crippen molar-refractivity contribution in [1.29, 1.82) is 0 Å². The topological polar surface area (TPSA) is 50.1 Å². The molecule has 0 amide bonds. The van der Waals surface area contributed by atoms with Gasteiger partial charge in [0.05, 0.1) is 12.6 Å². The third kappa shape index (κ3) is 5.28. The Hall–Kier alpha value is -0.870. The predicted octanol–water partition coefficient (Wildman–Crippen LogP) is 1.41. The van der Waals surface area contributed by atoms with Crippen LogP contribution in [0, 0.1) is 0 Å². The maximum Gasteiger partial charge on any atom is 0.0860 e. The van der Waals surface area contributed by atoms with Crippen molar-refractivity contribution in [2.45, 2.75) is 51.8 Å². The molecule has 2 unspecified atom stereocenters. The summed E-state index contributed by atoms with van der Waals surface area (Å²) in [6, 6.07) is 2.34. The van der Waals surface area contributed by atoms with Gasteiger partial charge in [-0.3, -0.25) is 4.68 Å². The zero-order valence-electron chi connectivity index (χ0n) is 10.3. The van der Waals surface area contributed by atoms with Gasteiger partial charge in [0.15, 0.2) is 0 Å². The van der Waals surface area contributed by atoms with E-state index in [1.54, 1.807) is 10.9 Å². The van der Waals surface area contributed by atoms with Crippen molar-refractivity contribution in [2.24, 2.45) is 0 Å². The number of aromatic nitrogens is 2. The third-order valence-electron chi connectivity index (χ3n) is 2.65. The van der Waals surface area contributed by atoms with E-state index in [2.05, 4.69) is 24.3 Å². The molecule has 4 heteroatoms. The molecule has 1 aromatic heterocycles. The summed E-state index contributed by atoms with van der Waals surface area (Å²) < 4.78 is 1.75. The molecule has 4 nitrogen and oxygen atoms in total. The van der Waals surface area contributed by atoms with E-state index in [4.69, 9.17) is 0 Å². The van der Waals surface area contributed by atoms with E-state index >= 15 is 0 Å². The van der Waals surface area contributed by atoms with Gasteiger partial charge in [-0.1, -0.05) is 19.8 Å². The molecule has 0 saturated heterocycles. The highest BCUT2D eigenvalue weighted by Crippen LogP contribution is 1.99. The summed E-state index contributed by atoms with van der Waals surface area (Å²) in [6.45, 7) is 5.54. The minimum atomic E-state index is -0.371. The van der Waals surface area contributed by atoms with Gasteiger partial charge in [-0.15, -0.1) is 0 Å². The number of rotatable bonds is 8. The Morgan fingerprint density at radius 1 is 1.50 bits per heavy atom. The van der Waals surface area contributed by atoms with E-state index in [0.717, 1.165) is 0 Å². The fourth-order valence-electron chi connectivity index (χ4n) is 1.64. The summed E-state index contributed by atoms with van der Waals surface area (Å²) in [5.41, 5.74) is 0. The predicted molar refractivity (Wildman–Crippen MR) is 65.2 cm³/mol. The maximum atomic E-state index is 9.77. The first-order chi connectivity index (χ1) is 7.72. The third-order valence-corrected chi connectivity index (χ3v) is 2.65. The van der Waals surface area contributed by atoms with Crippen LogP contribution in [0.1, 0.15) is 33.1 Å². The first kappa shape index (κ1) is 13.2. The normalized spacial score (nSPS) is 14.9. The second-order valence-corrected chi connectivity index (χ2v) is 4.33. The summed E-state index contributed by atoms with van der Waals surface area (Å²) >= 11 is 0. The molecule has 0 saturated carbocycles. The number of nitrogens with one attached hydrogen (secondary N) is 1. The standard InChI is InChI=1S/C12H23N3O/c1-3-4-6-11(2)13-9-12(16)10-15-8-5-7-14-15/h5,7-8,11-13,16H,3-4,6,9-10H2,1-2H3. The van der Waals surface area contributed by atoms with E-state index < -0.39 is 0 Å². The second-order valence-electron chi connectivity index (χ2n) is 4.33. The Labute approximate surface area is 97.7 Å². The average molecular weight is 225 g/mol. The Kier molecular flexibility index (Phi) is 6.11. The lowest BCUT2D eigenvalue weighted by atomic mass is 10.1. The van der Waals surface area contributed by atoms with Gasteiger partial charge in [0.25, 0.3) is 0 Å². The first-order valence-corrected chi connectivity index (χ1v) is 6.11. The molecule has 0 radical (unpaired) electrons. The average Bonchev–Trinajstić information content (AvgIpc) is 2.76. The molecule has 16 heavy (non-hydrogen) atoms. The molecule has 2 atom stereocenters. The number of aliphatic hydroxyl groups excluding tert-OH is 1. The zero-order chi connectivity index (χ0) is 11.8. The van der Waals surface area contributed by atoms with Crippen molar-refractivity contribution < 1.29 is 5.11 Å². The molecule has 92 valence electrons. The smallest absolute Gasteiger partial charge is 0.0860 e.